The maximum Gasteiger partial charge on any atom is 0.472 e. The molecule has 60 heavy (non-hydrogen) atoms. The van der Waals surface area contributed by atoms with E-state index >= 15 is 0 Å². The van der Waals surface area contributed by atoms with E-state index in [9.17, 15) is 24.2 Å². The average Bonchev–Trinajstić information content (AvgIpc) is 3.24. The second kappa shape index (κ2) is 45.7. The molecule has 1 unspecified atom stereocenters. The maximum absolute atomic E-state index is 12.7. The van der Waals surface area contributed by atoms with Crippen LogP contribution in [-0.4, -0.2) is 65.7 Å². The van der Waals surface area contributed by atoms with E-state index in [0.29, 0.717) is 12.8 Å². The number of hydrogen-bond acceptors (Lipinski definition) is 9. The van der Waals surface area contributed by atoms with Crippen LogP contribution >= 0.6 is 7.82 Å². The summed E-state index contributed by atoms with van der Waals surface area (Å²) in [6.07, 6.45) is 46.1. The zero-order valence-electron chi connectivity index (χ0n) is 38.9. The number of aliphatic hydroxyl groups excluding tert-OH is 2. The maximum atomic E-state index is 12.7. The monoisotopic (exact) mass is 875 g/mol. The van der Waals surface area contributed by atoms with Crippen molar-refractivity contribution in [1.82, 2.24) is 0 Å². The fourth-order valence-corrected chi connectivity index (χ4v) is 8.07. The van der Waals surface area contributed by atoms with E-state index in [1.54, 1.807) is 0 Å². The predicted molar refractivity (Wildman–Crippen MR) is 247 cm³/mol. The summed E-state index contributed by atoms with van der Waals surface area (Å²) in [6, 6.07) is 0. The number of rotatable bonds is 48. The first-order valence-corrected chi connectivity index (χ1v) is 26.6. The van der Waals surface area contributed by atoms with Crippen LogP contribution < -0.4 is 0 Å². The summed E-state index contributed by atoms with van der Waals surface area (Å²) >= 11 is 0. The van der Waals surface area contributed by atoms with Crippen LogP contribution in [-0.2, 0) is 32.7 Å². The average molecular weight is 875 g/mol. The summed E-state index contributed by atoms with van der Waals surface area (Å²) in [5, 5.41) is 18.4. The van der Waals surface area contributed by atoms with E-state index in [4.69, 9.17) is 23.6 Å². The quantitative estimate of drug-likeness (QED) is 0.0233. The SMILES string of the molecule is CCCCCC/C=C/CCCCCCCCCC(=O)OC[C@H](COP(=O)(O)OC[C@@H](O)CO)OC(=O)CCCCCCCCCCCCCCCCCCCCCCCC. The minimum Gasteiger partial charge on any atom is -0.462 e. The Hall–Kier alpha value is -1.29. The van der Waals surface area contributed by atoms with Gasteiger partial charge in [-0.25, -0.2) is 4.57 Å². The molecular weight excluding hydrogens is 780 g/mol. The van der Waals surface area contributed by atoms with Crippen LogP contribution in [0.5, 0.6) is 0 Å². The number of allylic oxidation sites excluding steroid dienone is 2. The normalized spacial score (nSPS) is 13.8. The van der Waals surface area contributed by atoms with Crippen molar-refractivity contribution in [3.8, 4) is 0 Å². The van der Waals surface area contributed by atoms with Crippen LogP contribution in [0.1, 0.15) is 251 Å². The third-order valence-electron chi connectivity index (χ3n) is 11.2. The smallest absolute Gasteiger partial charge is 0.462 e. The van der Waals surface area contributed by atoms with Crippen molar-refractivity contribution in [3.63, 3.8) is 0 Å². The summed E-state index contributed by atoms with van der Waals surface area (Å²) in [5.41, 5.74) is 0. The van der Waals surface area contributed by atoms with E-state index in [2.05, 4.69) is 26.0 Å². The third kappa shape index (κ3) is 44.8. The van der Waals surface area contributed by atoms with Gasteiger partial charge in [0.2, 0.25) is 0 Å². The number of unbranched alkanes of at least 4 members (excludes halogenated alkanes) is 32. The molecule has 3 atom stereocenters. The summed E-state index contributed by atoms with van der Waals surface area (Å²) < 4.78 is 32.8. The van der Waals surface area contributed by atoms with Crippen LogP contribution in [0.3, 0.4) is 0 Å². The van der Waals surface area contributed by atoms with Gasteiger partial charge in [0.1, 0.15) is 12.7 Å². The first kappa shape index (κ1) is 58.7. The number of phosphoric ester groups is 1. The molecule has 0 aliphatic heterocycles. The highest BCUT2D eigenvalue weighted by molar-refractivity contribution is 7.47. The Morgan fingerprint density at radius 3 is 1.22 bits per heavy atom. The van der Waals surface area contributed by atoms with Crippen LogP contribution in [0.15, 0.2) is 12.2 Å². The van der Waals surface area contributed by atoms with Crippen molar-refractivity contribution in [2.75, 3.05) is 26.4 Å². The summed E-state index contributed by atoms with van der Waals surface area (Å²) in [5.74, 6) is -0.915. The molecule has 0 aromatic heterocycles. The van der Waals surface area contributed by atoms with Crippen LogP contribution in [0, 0.1) is 0 Å². The Labute approximate surface area is 368 Å². The van der Waals surface area contributed by atoms with Crippen molar-refractivity contribution in [3.05, 3.63) is 12.2 Å². The molecule has 0 spiro atoms. The van der Waals surface area contributed by atoms with Gasteiger partial charge < -0.3 is 24.6 Å². The molecule has 0 bridgehead atoms. The molecule has 0 rings (SSSR count). The zero-order valence-corrected chi connectivity index (χ0v) is 39.8. The second-order valence-corrected chi connectivity index (χ2v) is 18.7. The van der Waals surface area contributed by atoms with Crippen molar-refractivity contribution in [1.29, 1.82) is 0 Å². The minimum absolute atomic E-state index is 0.190. The van der Waals surface area contributed by atoms with Gasteiger partial charge in [-0.2, -0.15) is 0 Å². The summed E-state index contributed by atoms with van der Waals surface area (Å²) in [7, 11) is -4.62. The van der Waals surface area contributed by atoms with Crippen molar-refractivity contribution in [2.24, 2.45) is 0 Å². The lowest BCUT2D eigenvalue weighted by Gasteiger charge is -2.20. The zero-order chi connectivity index (χ0) is 44.0. The number of esters is 2. The Morgan fingerprint density at radius 2 is 0.817 bits per heavy atom. The van der Waals surface area contributed by atoms with E-state index in [-0.39, 0.29) is 19.4 Å². The van der Waals surface area contributed by atoms with Gasteiger partial charge in [0.15, 0.2) is 6.10 Å². The van der Waals surface area contributed by atoms with Crippen molar-refractivity contribution < 1.29 is 47.8 Å². The molecule has 0 aromatic carbocycles. The number of carbonyl (C=O) groups is 2. The topological polar surface area (TPSA) is 149 Å². The lowest BCUT2D eigenvalue weighted by atomic mass is 10.0. The van der Waals surface area contributed by atoms with Crippen LogP contribution in [0.25, 0.3) is 0 Å². The first-order valence-electron chi connectivity index (χ1n) is 25.1. The molecule has 10 nitrogen and oxygen atoms in total. The van der Waals surface area contributed by atoms with Crippen molar-refractivity contribution >= 4 is 19.8 Å². The van der Waals surface area contributed by atoms with Gasteiger partial charge >= 0.3 is 19.8 Å². The fraction of sp³-hybridized carbons (Fsp3) is 0.918. The standard InChI is InChI=1S/C49H95O10P/c1-3-5-7-9-11-13-15-17-19-20-21-22-23-24-25-27-29-31-33-35-37-39-41-49(53)59-47(45-58-60(54,55)57-43-46(51)42-50)44-56-48(52)40-38-36-34-32-30-28-26-18-16-14-12-10-8-6-4-2/h14,16,46-47,50-51H,3-13,15,17-45H2,1-2H3,(H,54,55)/b16-14+/t46-,47+/m0/s1. The summed E-state index contributed by atoms with van der Waals surface area (Å²) in [4.78, 5) is 35.1. The number of carbonyl (C=O) groups excluding carboxylic acids is 2. The third-order valence-corrected chi connectivity index (χ3v) is 12.1. The highest BCUT2D eigenvalue weighted by atomic mass is 31.2. The molecule has 3 N–H and O–H groups in total. The molecule has 0 aliphatic carbocycles. The molecule has 0 aliphatic rings. The predicted octanol–water partition coefficient (Wildman–Crippen LogP) is 14.0. The molecule has 0 aromatic rings. The van der Waals surface area contributed by atoms with Gasteiger partial charge in [-0.1, -0.05) is 212 Å². The molecule has 0 fully saturated rings. The van der Waals surface area contributed by atoms with E-state index < -0.39 is 51.8 Å². The molecule has 0 amide bonds. The van der Waals surface area contributed by atoms with E-state index in [1.807, 2.05) is 0 Å². The van der Waals surface area contributed by atoms with Gasteiger partial charge in [-0.05, 0) is 38.5 Å². The van der Waals surface area contributed by atoms with Gasteiger partial charge in [-0.15, -0.1) is 0 Å². The van der Waals surface area contributed by atoms with Crippen LogP contribution in [0.4, 0.5) is 0 Å². The summed E-state index contributed by atoms with van der Waals surface area (Å²) in [6.45, 7) is 2.42. The largest absolute Gasteiger partial charge is 0.472 e. The molecule has 11 heteroatoms. The van der Waals surface area contributed by atoms with Crippen LogP contribution in [0.2, 0.25) is 0 Å². The number of phosphoric acid groups is 1. The number of ether oxygens (including phenoxy) is 2. The first-order chi connectivity index (χ1) is 29.2. The van der Waals surface area contributed by atoms with Gasteiger partial charge in [0.25, 0.3) is 0 Å². The highest BCUT2D eigenvalue weighted by Gasteiger charge is 2.27. The minimum atomic E-state index is -4.62. The number of hydrogen-bond donors (Lipinski definition) is 3. The van der Waals surface area contributed by atoms with E-state index in [0.717, 1.165) is 44.9 Å². The number of aliphatic hydroxyl groups is 2. The fourth-order valence-electron chi connectivity index (χ4n) is 7.28. The Kier molecular flexibility index (Phi) is 44.7. The highest BCUT2D eigenvalue weighted by Crippen LogP contribution is 2.43. The second-order valence-electron chi connectivity index (χ2n) is 17.2. The molecule has 0 saturated heterocycles. The molecule has 0 saturated carbocycles. The Bertz CT molecular complexity index is 1010. The van der Waals surface area contributed by atoms with Gasteiger partial charge in [0, 0.05) is 12.8 Å². The van der Waals surface area contributed by atoms with Crippen molar-refractivity contribution in [2.45, 2.75) is 264 Å². The van der Waals surface area contributed by atoms with Gasteiger partial charge in [0.05, 0.1) is 19.8 Å². The molecular formula is C49H95O10P. The lowest BCUT2D eigenvalue weighted by Crippen LogP contribution is -2.29. The Morgan fingerprint density at radius 1 is 0.483 bits per heavy atom. The lowest BCUT2D eigenvalue weighted by molar-refractivity contribution is -0.161. The molecule has 356 valence electrons. The van der Waals surface area contributed by atoms with Gasteiger partial charge in [-0.3, -0.25) is 18.6 Å². The molecule has 0 radical (unpaired) electrons. The van der Waals surface area contributed by atoms with E-state index in [1.165, 1.54) is 167 Å². The Balaban J connectivity index is 4.13. The molecule has 0 heterocycles.